The Labute approximate surface area is 114 Å². The molecule has 0 fully saturated rings. The molecule has 4 heteroatoms. The summed E-state index contributed by atoms with van der Waals surface area (Å²) < 4.78 is 1.75. The van der Waals surface area contributed by atoms with E-state index in [2.05, 4.69) is 36.0 Å². The molecule has 0 radical (unpaired) electrons. The van der Waals surface area contributed by atoms with Crippen LogP contribution in [0.4, 0.5) is 5.69 Å². The number of hydrogen-bond acceptors (Lipinski definition) is 3. The fourth-order valence-corrected chi connectivity index (χ4v) is 2.25. The molecule has 0 aliphatic heterocycles. The Balaban J connectivity index is 2.00. The number of aliphatic hydroxyl groups is 1. The Bertz CT molecular complexity index is 522. The van der Waals surface area contributed by atoms with Crippen LogP contribution in [0.1, 0.15) is 11.1 Å². The molecule has 1 aromatic heterocycles. The lowest BCUT2D eigenvalue weighted by atomic mass is 10.1. The number of nitrogens with zero attached hydrogens (tertiary/aromatic N) is 3. The SMILES string of the molecule is Cc1cccc(N(C)C[C@H](O)Cn2cccn2)c1C. The van der Waals surface area contributed by atoms with E-state index in [0.717, 1.165) is 0 Å². The predicted molar refractivity (Wildman–Crippen MR) is 77.4 cm³/mol. The molecule has 1 aromatic carbocycles. The second-order valence-corrected chi connectivity index (χ2v) is 4.98. The maximum atomic E-state index is 10.1. The summed E-state index contributed by atoms with van der Waals surface area (Å²) in [6.07, 6.45) is 3.15. The van der Waals surface area contributed by atoms with Gasteiger partial charge in [0.2, 0.25) is 0 Å². The van der Waals surface area contributed by atoms with Gasteiger partial charge in [0.05, 0.1) is 12.6 Å². The van der Waals surface area contributed by atoms with Gasteiger partial charge in [0.25, 0.3) is 0 Å². The Morgan fingerprint density at radius 3 is 2.79 bits per heavy atom. The standard InChI is InChI=1S/C15H21N3O/c1-12-6-4-7-15(13(12)2)17(3)10-14(19)11-18-9-5-8-16-18/h4-9,14,19H,10-11H2,1-3H3/t14-/m0/s1. The molecular weight excluding hydrogens is 238 g/mol. The van der Waals surface area contributed by atoms with Crippen LogP contribution in [0.25, 0.3) is 0 Å². The molecule has 2 aromatic rings. The van der Waals surface area contributed by atoms with E-state index in [4.69, 9.17) is 0 Å². The Morgan fingerprint density at radius 1 is 1.32 bits per heavy atom. The van der Waals surface area contributed by atoms with Gasteiger partial charge in [-0.25, -0.2) is 0 Å². The zero-order valence-electron chi connectivity index (χ0n) is 11.7. The summed E-state index contributed by atoms with van der Waals surface area (Å²) in [4.78, 5) is 2.09. The first-order valence-corrected chi connectivity index (χ1v) is 6.51. The van der Waals surface area contributed by atoms with E-state index in [-0.39, 0.29) is 0 Å². The molecule has 0 aliphatic carbocycles. The summed E-state index contributed by atoms with van der Waals surface area (Å²) in [6, 6.07) is 8.10. The molecule has 102 valence electrons. The molecule has 1 heterocycles. The Morgan fingerprint density at radius 2 is 2.11 bits per heavy atom. The van der Waals surface area contributed by atoms with Crippen LogP contribution in [0.15, 0.2) is 36.7 Å². The maximum absolute atomic E-state index is 10.1. The lowest BCUT2D eigenvalue weighted by Gasteiger charge is -2.25. The summed E-state index contributed by atoms with van der Waals surface area (Å²) in [5.74, 6) is 0. The number of benzene rings is 1. The van der Waals surface area contributed by atoms with Gasteiger partial charge in [-0.1, -0.05) is 12.1 Å². The van der Waals surface area contributed by atoms with Crippen LogP contribution in [0.3, 0.4) is 0 Å². The second-order valence-electron chi connectivity index (χ2n) is 4.98. The molecule has 0 saturated heterocycles. The third-order valence-corrected chi connectivity index (χ3v) is 3.43. The number of hydrogen-bond donors (Lipinski definition) is 1. The van der Waals surface area contributed by atoms with Crippen molar-refractivity contribution in [3.05, 3.63) is 47.8 Å². The van der Waals surface area contributed by atoms with Crippen LogP contribution in [0, 0.1) is 13.8 Å². The van der Waals surface area contributed by atoms with Gasteiger partial charge in [-0.3, -0.25) is 4.68 Å². The molecule has 4 nitrogen and oxygen atoms in total. The van der Waals surface area contributed by atoms with Crippen LogP contribution in [-0.2, 0) is 6.54 Å². The first-order valence-electron chi connectivity index (χ1n) is 6.51. The summed E-state index contributed by atoms with van der Waals surface area (Å²) in [5.41, 5.74) is 3.70. The average Bonchev–Trinajstić information content (AvgIpc) is 2.85. The van der Waals surface area contributed by atoms with Crippen LogP contribution >= 0.6 is 0 Å². The van der Waals surface area contributed by atoms with Crippen LogP contribution < -0.4 is 4.90 Å². The molecule has 0 saturated carbocycles. The number of aromatic nitrogens is 2. The van der Waals surface area contributed by atoms with Crippen molar-refractivity contribution in [1.82, 2.24) is 9.78 Å². The molecule has 0 aliphatic rings. The van der Waals surface area contributed by atoms with E-state index in [1.54, 1.807) is 10.9 Å². The van der Waals surface area contributed by atoms with E-state index >= 15 is 0 Å². The topological polar surface area (TPSA) is 41.3 Å². The fraction of sp³-hybridized carbons (Fsp3) is 0.400. The van der Waals surface area contributed by atoms with E-state index in [0.29, 0.717) is 13.1 Å². The van der Waals surface area contributed by atoms with Gasteiger partial charge in [0, 0.05) is 31.7 Å². The summed E-state index contributed by atoms with van der Waals surface area (Å²) in [6.45, 7) is 5.32. The number of likely N-dealkylation sites (N-methyl/N-ethyl adjacent to an activating group) is 1. The first kappa shape index (κ1) is 13.6. The summed E-state index contributed by atoms with van der Waals surface area (Å²) >= 11 is 0. The van der Waals surface area contributed by atoms with Crippen LogP contribution in [0.5, 0.6) is 0 Å². The van der Waals surface area contributed by atoms with E-state index in [1.807, 2.05) is 25.4 Å². The normalized spacial score (nSPS) is 12.4. The second kappa shape index (κ2) is 5.89. The zero-order chi connectivity index (χ0) is 13.8. The van der Waals surface area contributed by atoms with Crippen LogP contribution in [-0.4, -0.2) is 34.6 Å². The number of aryl methyl sites for hydroxylation is 1. The van der Waals surface area contributed by atoms with Gasteiger partial charge in [0.1, 0.15) is 0 Å². The number of rotatable bonds is 5. The number of aliphatic hydroxyl groups excluding tert-OH is 1. The Kier molecular flexibility index (Phi) is 4.22. The summed E-state index contributed by atoms with van der Waals surface area (Å²) in [7, 11) is 2.01. The van der Waals surface area contributed by atoms with Crippen molar-refractivity contribution in [2.45, 2.75) is 26.5 Å². The highest BCUT2D eigenvalue weighted by molar-refractivity contribution is 5.55. The minimum absolute atomic E-state index is 0.440. The highest BCUT2D eigenvalue weighted by Gasteiger charge is 2.12. The molecule has 0 spiro atoms. The van der Waals surface area contributed by atoms with Crippen molar-refractivity contribution in [1.29, 1.82) is 0 Å². The van der Waals surface area contributed by atoms with E-state index in [9.17, 15) is 5.11 Å². The van der Waals surface area contributed by atoms with Gasteiger partial charge in [-0.2, -0.15) is 5.10 Å². The molecule has 2 rings (SSSR count). The van der Waals surface area contributed by atoms with Crippen molar-refractivity contribution >= 4 is 5.69 Å². The van der Waals surface area contributed by atoms with Crippen molar-refractivity contribution in [2.24, 2.45) is 0 Å². The highest BCUT2D eigenvalue weighted by Crippen LogP contribution is 2.21. The predicted octanol–water partition coefficient (Wildman–Crippen LogP) is 2.00. The monoisotopic (exact) mass is 259 g/mol. The lowest BCUT2D eigenvalue weighted by molar-refractivity contribution is 0.156. The Hall–Kier alpha value is -1.81. The molecule has 1 N–H and O–H groups in total. The number of anilines is 1. The fourth-order valence-electron chi connectivity index (χ4n) is 2.25. The minimum atomic E-state index is -0.440. The van der Waals surface area contributed by atoms with Crippen molar-refractivity contribution in [2.75, 3.05) is 18.5 Å². The third kappa shape index (κ3) is 3.35. The van der Waals surface area contributed by atoms with Crippen molar-refractivity contribution in [3.63, 3.8) is 0 Å². The molecule has 0 unspecified atom stereocenters. The van der Waals surface area contributed by atoms with E-state index < -0.39 is 6.10 Å². The van der Waals surface area contributed by atoms with Gasteiger partial charge >= 0.3 is 0 Å². The van der Waals surface area contributed by atoms with Gasteiger partial charge in [-0.15, -0.1) is 0 Å². The van der Waals surface area contributed by atoms with Crippen LogP contribution in [0.2, 0.25) is 0 Å². The third-order valence-electron chi connectivity index (χ3n) is 3.43. The molecule has 1 atom stereocenters. The van der Waals surface area contributed by atoms with E-state index in [1.165, 1.54) is 16.8 Å². The molecule has 19 heavy (non-hydrogen) atoms. The zero-order valence-corrected chi connectivity index (χ0v) is 11.7. The largest absolute Gasteiger partial charge is 0.389 e. The summed E-state index contributed by atoms with van der Waals surface area (Å²) in [5, 5.41) is 14.2. The highest BCUT2D eigenvalue weighted by atomic mass is 16.3. The van der Waals surface area contributed by atoms with Gasteiger partial charge in [0.15, 0.2) is 0 Å². The molecule has 0 bridgehead atoms. The van der Waals surface area contributed by atoms with Crippen molar-refractivity contribution in [3.8, 4) is 0 Å². The minimum Gasteiger partial charge on any atom is -0.389 e. The quantitative estimate of drug-likeness (QED) is 0.893. The molecular formula is C15H21N3O. The molecule has 0 amide bonds. The van der Waals surface area contributed by atoms with Gasteiger partial charge in [-0.05, 0) is 37.1 Å². The smallest absolute Gasteiger partial charge is 0.0910 e. The lowest BCUT2D eigenvalue weighted by Crippen LogP contribution is -2.32. The maximum Gasteiger partial charge on any atom is 0.0910 e. The first-order chi connectivity index (χ1) is 9.08. The van der Waals surface area contributed by atoms with Crippen molar-refractivity contribution < 1.29 is 5.11 Å². The van der Waals surface area contributed by atoms with Gasteiger partial charge < -0.3 is 10.0 Å². The average molecular weight is 259 g/mol.